The van der Waals surface area contributed by atoms with Crippen molar-refractivity contribution in [3.05, 3.63) is 28.8 Å². The second kappa shape index (κ2) is 6.36. The minimum Gasteiger partial charge on any atom is -0.369 e. The molecule has 7 nitrogen and oxygen atoms in total. The van der Waals surface area contributed by atoms with Crippen molar-refractivity contribution in [3.8, 4) is 0 Å². The highest BCUT2D eigenvalue weighted by Crippen LogP contribution is 2.77. The molecule has 30 heavy (non-hydrogen) atoms. The number of nitrogens with two attached hydrogens (primary N) is 1. The third-order valence-corrected chi connectivity index (χ3v) is 9.24. The number of halogens is 1. The van der Waals surface area contributed by atoms with Crippen LogP contribution in [0.4, 0.5) is 4.79 Å². The van der Waals surface area contributed by atoms with Gasteiger partial charge in [-0.2, -0.15) is 0 Å². The first-order valence-corrected chi connectivity index (χ1v) is 12.6. The molecule has 5 aliphatic rings. The maximum absolute atomic E-state index is 12.7. The van der Waals surface area contributed by atoms with Gasteiger partial charge in [0.25, 0.3) is 0 Å². The molecule has 2 heterocycles. The van der Waals surface area contributed by atoms with E-state index in [9.17, 15) is 18.0 Å². The SMILES string of the molecule is CS(=O)(=O)c1cc(Cl)ccc1C12CC(C3CN(C(=O)N4CC[C@H](C(N)=O)C4)C3)(C1)C2. The summed E-state index contributed by atoms with van der Waals surface area (Å²) in [6.07, 6.45) is 4.81. The van der Waals surface area contributed by atoms with E-state index < -0.39 is 9.84 Å². The monoisotopic (exact) mass is 451 g/mol. The van der Waals surface area contributed by atoms with Crippen molar-refractivity contribution < 1.29 is 18.0 Å². The van der Waals surface area contributed by atoms with E-state index in [1.807, 2.05) is 11.0 Å². The van der Waals surface area contributed by atoms with E-state index in [0.717, 1.165) is 37.9 Å². The molecule has 9 heteroatoms. The lowest BCUT2D eigenvalue weighted by Crippen LogP contribution is -2.73. The van der Waals surface area contributed by atoms with E-state index in [0.29, 0.717) is 35.3 Å². The average molecular weight is 452 g/mol. The summed E-state index contributed by atoms with van der Waals surface area (Å²) < 4.78 is 24.5. The normalized spacial score (nSPS) is 32.9. The summed E-state index contributed by atoms with van der Waals surface area (Å²) in [6.45, 7) is 2.50. The first-order chi connectivity index (χ1) is 14.0. The fourth-order valence-corrected chi connectivity index (χ4v) is 7.48. The zero-order valence-corrected chi connectivity index (χ0v) is 18.5. The summed E-state index contributed by atoms with van der Waals surface area (Å²) in [5, 5.41) is 0.439. The highest BCUT2D eigenvalue weighted by molar-refractivity contribution is 7.90. The van der Waals surface area contributed by atoms with Crippen LogP contribution in [0.15, 0.2) is 23.1 Å². The van der Waals surface area contributed by atoms with Crippen LogP contribution in [0.1, 0.15) is 31.2 Å². The lowest BCUT2D eigenvalue weighted by molar-refractivity contribution is -0.207. The predicted molar refractivity (Wildman–Crippen MR) is 112 cm³/mol. The Morgan fingerprint density at radius 2 is 1.80 bits per heavy atom. The van der Waals surface area contributed by atoms with Crippen LogP contribution in [0.2, 0.25) is 5.02 Å². The average Bonchev–Trinajstić information content (AvgIpc) is 3.04. The second-order valence-corrected chi connectivity index (χ2v) is 12.2. The molecule has 2 saturated heterocycles. The maximum Gasteiger partial charge on any atom is 0.320 e. The van der Waals surface area contributed by atoms with Crippen molar-refractivity contribution >= 4 is 33.4 Å². The van der Waals surface area contributed by atoms with Gasteiger partial charge in [-0.3, -0.25) is 4.79 Å². The second-order valence-electron chi connectivity index (χ2n) is 9.80. The van der Waals surface area contributed by atoms with Gasteiger partial charge in [0.1, 0.15) is 0 Å². The van der Waals surface area contributed by atoms with Crippen LogP contribution in [0.3, 0.4) is 0 Å². The molecule has 2 N–H and O–H groups in total. The van der Waals surface area contributed by atoms with Gasteiger partial charge in [-0.15, -0.1) is 0 Å². The molecule has 6 rings (SSSR count). The van der Waals surface area contributed by atoms with Crippen LogP contribution in [0.25, 0.3) is 0 Å². The van der Waals surface area contributed by atoms with Gasteiger partial charge in [0, 0.05) is 37.5 Å². The molecule has 0 spiro atoms. The number of likely N-dealkylation sites (tertiary alicyclic amines) is 2. The van der Waals surface area contributed by atoms with Gasteiger partial charge < -0.3 is 15.5 Å². The Kier molecular flexibility index (Phi) is 4.26. The number of rotatable bonds is 4. The lowest BCUT2D eigenvalue weighted by atomic mass is 9.30. The number of carbonyl (C=O) groups excluding carboxylic acids is 2. The Balaban J connectivity index is 1.21. The fraction of sp³-hybridized carbons (Fsp3) is 0.619. The molecular formula is C21H26ClN3O4S. The molecule has 1 aromatic rings. The first-order valence-electron chi connectivity index (χ1n) is 10.4. The number of nitrogens with zero attached hydrogens (tertiary/aromatic N) is 2. The highest BCUT2D eigenvalue weighted by Gasteiger charge is 2.72. The summed E-state index contributed by atoms with van der Waals surface area (Å²) in [4.78, 5) is 28.0. The largest absolute Gasteiger partial charge is 0.369 e. The Bertz CT molecular complexity index is 1030. The van der Waals surface area contributed by atoms with E-state index in [1.54, 1.807) is 17.0 Å². The number of sulfone groups is 1. The predicted octanol–water partition coefficient (Wildman–Crippen LogP) is 2.02. The number of primary amides is 1. The summed E-state index contributed by atoms with van der Waals surface area (Å²) >= 11 is 6.05. The van der Waals surface area contributed by atoms with Gasteiger partial charge in [0.15, 0.2) is 9.84 Å². The van der Waals surface area contributed by atoms with Crippen molar-refractivity contribution in [1.29, 1.82) is 0 Å². The molecule has 2 bridgehead atoms. The Morgan fingerprint density at radius 3 is 2.37 bits per heavy atom. The molecule has 3 saturated carbocycles. The van der Waals surface area contributed by atoms with Gasteiger partial charge >= 0.3 is 6.03 Å². The van der Waals surface area contributed by atoms with E-state index in [2.05, 4.69) is 0 Å². The van der Waals surface area contributed by atoms with Crippen LogP contribution in [0.5, 0.6) is 0 Å². The molecule has 0 radical (unpaired) electrons. The van der Waals surface area contributed by atoms with E-state index in [4.69, 9.17) is 17.3 Å². The fourth-order valence-electron chi connectivity index (χ4n) is 6.21. The van der Waals surface area contributed by atoms with Crippen LogP contribution >= 0.6 is 11.6 Å². The molecule has 3 aliphatic carbocycles. The Labute approximate surface area is 181 Å². The molecule has 0 aromatic heterocycles. The van der Waals surface area contributed by atoms with Crippen LogP contribution in [0, 0.1) is 17.3 Å². The number of hydrogen-bond acceptors (Lipinski definition) is 4. The molecule has 5 fully saturated rings. The van der Waals surface area contributed by atoms with Gasteiger partial charge in [-0.05, 0) is 60.1 Å². The lowest BCUT2D eigenvalue weighted by Gasteiger charge is -2.76. The van der Waals surface area contributed by atoms with E-state index >= 15 is 0 Å². The van der Waals surface area contributed by atoms with Crippen molar-refractivity contribution in [3.63, 3.8) is 0 Å². The standard InChI is InChI=1S/C21H26ClN3O4S/c1-30(28,29)17-6-15(22)2-3-16(17)21-10-20(11-21,12-21)14-8-25(9-14)19(27)24-5-4-13(7-24)18(23)26/h2-3,6,13-14H,4-5,7-12H2,1H3,(H2,23,26)/t13-,20?,21?/m0/s1. The number of hydrogen-bond donors (Lipinski definition) is 1. The molecular weight excluding hydrogens is 426 g/mol. The first kappa shape index (κ1) is 20.1. The summed E-state index contributed by atoms with van der Waals surface area (Å²) in [7, 11) is -3.34. The molecule has 3 amide bonds. The zero-order chi connectivity index (χ0) is 21.5. The topological polar surface area (TPSA) is 101 Å². The Morgan fingerprint density at radius 1 is 1.13 bits per heavy atom. The van der Waals surface area contributed by atoms with Gasteiger partial charge in [0.2, 0.25) is 5.91 Å². The van der Waals surface area contributed by atoms with E-state index in [-0.39, 0.29) is 28.7 Å². The summed E-state index contributed by atoms with van der Waals surface area (Å²) in [5.74, 6) is -0.0969. The van der Waals surface area contributed by atoms with E-state index in [1.165, 1.54) is 6.26 Å². The molecule has 1 atom stereocenters. The number of amides is 3. The van der Waals surface area contributed by atoms with Gasteiger partial charge in [0.05, 0.1) is 10.8 Å². The summed E-state index contributed by atoms with van der Waals surface area (Å²) in [5.41, 5.74) is 6.43. The number of benzene rings is 1. The maximum atomic E-state index is 12.7. The van der Waals surface area contributed by atoms with Crippen LogP contribution < -0.4 is 5.73 Å². The third-order valence-electron chi connectivity index (χ3n) is 7.87. The molecule has 2 aliphatic heterocycles. The smallest absolute Gasteiger partial charge is 0.320 e. The quantitative estimate of drug-likeness (QED) is 0.756. The summed E-state index contributed by atoms with van der Waals surface area (Å²) in [6, 6.07) is 5.23. The number of urea groups is 1. The van der Waals surface area contributed by atoms with Gasteiger partial charge in [-0.1, -0.05) is 17.7 Å². The van der Waals surface area contributed by atoms with Crippen LogP contribution in [-0.4, -0.2) is 62.6 Å². The third kappa shape index (κ3) is 2.87. The molecule has 1 aromatic carbocycles. The highest BCUT2D eigenvalue weighted by atomic mass is 35.5. The van der Waals surface area contributed by atoms with Crippen LogP contribution in [-0.2, 0) is 20.0 Å². The zero-order valence-electron chi connectivity index (χ0n) is 16.9. The van der Waals surface area contributed by atoms with Crippen molar-refractivity contribution in [1.82, 2.24) is 9.80 Å². The Hall–Kier alpha value is -1.80. The minimum atomic E-state index is -3.34. The van der Waals surface area contributed by atoms with Crippen molar-refractivity contribution in [2.75, 3.05) is 32.4 Å². The van der Waals surface area contributed by atoms with Crippen molar-refractivity contribution in [2.24, 2.45) is 23.0 Å². The van der Waals surface area contributed by atoms with Crippen molar-refractivity contribution in [2.45, 2.75) is 36.0 Å². The minimum absolute atomic E-state index is 0.00775. The number of carbonyl (C=O) groups is 2. The molecule has 162 valence electrons. The molecule has 0 unspecified atom stereocenters. The van der Waals surface area contributed by atoms with Gasteiger partial charge in [-0.25, -0.2) is 13.2 Å².